The highest BCUT2D eigenvalue weighted by Gasteiger charge is 2.34. The highest BCUT2D eigenvalue weighted by atomic mass is 16.5. The molecule has 5 nitrogen and oxygen atoms in total. The van der Waals surface area contributed by atoms with Crippen molar-refractivity contribution in [3.05, 3.63) is 47.8 Å². The lowest BCUT2D eigenvalue weighted by atomic mass is 10.0. The lowest BCUT2D eigenvalue weighted by Crippen LogP contribution is -2.46. The van der Waals surface area contributed by atoms with Crippen molar-refractivity contribution in [1.29, 1.82) is 0 Å². The first-order valence-electron chi connectivity index (χ1n) is 8.25. The quantitative estimate of drug-likeness (QED) is 0.855. The van der Waals surface area contributed by atoms with E-state index in [-0.39, 0.29) is 18.1 Å². The SMILES string of the molecule is Cc1cnn([C@@H]2CCCN(C(=O)[C@H]3Cc4ccccc4O3)C2)c1. The number of aromatic nitrogens is 2. The zero-order valence-corrected chi connectivity index (χ0v) is 13.3. The summed E-state index contributed by atoms with van der Waals surface area (Å²) in [6.07, 6.45) is 6.31. The number of para-hydroxylation sites is 1. The van der Waals surface area contributed by atoms with E-state index in [9.17, 15) is 4.79 Å². The first kappa shape index (κ1) is 14.3. The van der Waals surface area contributed by atoms with Crippen LogP contribution in [0.15, 0.2) is 36.7 Å². The van der Waals surface area contributed by atoms with Crippen molar-refractivity contribution in [2.45, 2.75) is 38.3 Å². The second-order valence-electron chi connectivity index (χ2n) is 6.50. The van der Waals surface area contributed by atoms with Gasteiger partial charge in [-0.1, -0.05) is 18.2 Å². The number of carbonyl (C=O) groups excluding carboxylic acids is 1. The molecule has 2 aromatic rings. The summed E-state index contributed by atoms with van der Waals surface area (Å²) in [5.41, 5.74) is 2.28. The summed E-state index contributed by atoms with van der Waals surface area (Å²) in [6, 6.07) is 8.18. The largest absolute Gasteiger partial charge is 0.480 e. The summed E-state index contributed by atoms with van der Waals surface area (Å²) in [5, 5.41) is 4.41. The van der Waals surface area contributed by atoms with Gasteiger partial charge in [-0.05, 0) is 37.0 Å². The Bertz CT molecular complexity index is 700. The number of hydrogen-bond acceptors (Lipinski definition) is 3. The number of hydrogen-bond donors (Lipinski definition) is 0. The molecule has 0 unspecified atom stereocenters. The fraction of sp³-hybridized carbons (Fsp3) is 0.444. The van der Waals surface area contributed by atoms with Crippen molar-refractivity contribution >= 4 is 5.91 Å². The Morgan fingerprint density at radius 2 is 2.22 bits per heavy atom. The molecule has 23 heavy (non-hydrogen) atoms. The number of ether oxygens (including phenoxy) is 1. The van der Waals surface area contributed by atoms with E-state index < -0.39 is 0 Å². The van der Waals surface area contributed by atoms with Crippen molar-refractivity contribution in [1.82, 2.24) is 14.7 Å². The van der Waals surface area contributed by atoms with Crippen LogP contribution in [0, 0.1) is 6.92 Å². The highest BCUT2D eigenvalue weighted by molar-refractivity contribution is 5.82. The van der Waals surface area contributed by atoms with Crippen LogP contribution in [0.1, 0.15) is 30.0 Å². The van der Waals surface area contributed by atoms with E-state index in [1.54, 1.807) is 0 Å². The molecule has 2 aliphatic rings. The van der Waals surface area contributed by atoms with Gasteiger partial charge in [0.15, 0.2) is 6.10 Å². The molecule has 1 fully saturated rings. The van der Waals surface area contributed by atoms with E-state index in [2.05, 4.69) is 11.3 Å². The van der Waals surface area contributed by atoms with Crippen molar-refractivity contribution in [2.75, 3.05) is 13.1 Å². The van der Waals surface area contributed by atoms with Gasteiger partial charge in [-0.3, -0.25) is 9.48 Å². The van der Waals surface area contributed by atoms with Crippen molar-refractivity contribution in [3.8, 4) is 5.75 Å². The Morgan fingerprint density at radius 1 is 1.35 bits per heavy atom. The maximum Gasteiger partial charge on any atom is 0.264 e. The Kier molecular flexibility index (Phi) is 3.56. The van der Waals surface area contributed by atoms with Gasteiger partial charge in [0.05, 0.1) is 12.2 Å². The van der Waals surface area contributed by atoms with Crippen molar-refractivity contribution in [3.63, 3.8) is 0 Å². The first-order chi connectivity index (χ1) is 11.2. The normalized spacial score (nSPS) is 23.4. The number of aryl methyl sites for hydroxylation is 1. The van der Waals surface area contributed by atoms with Crippen LogP contribution in [0.25, 0.3) is 0 Å². The number of benzene rings is 1. The minimum Gasteiger partial charge on any atom is -0.480 e. The second kappa shape index (κ2) is 5.72. The van der Waals surface area contributed by atoms with Gasteiger partial charge in [0.2, 0.25) is 0 Å². The molecule has 0 spiro atoms. The minimum absolute atomic E-state index is 0.106. The number of piperidine rings is 1. The third-order valence-corrected chi connectivity index (χ3v) is 4.74. The second-order valence-corrected chi connectivity index (χ2v) is 6.50. The van der Waals surface area contributed by atoms with Gasteiger partial charge in [0, 0.05) is 25.7 Å². The van der Waals surface area contributed by atoms with Crippen molar-refractivity contribution in [2.24, 2.45) is 0 Å². The maximum absolute atomic E-state index is 12.8. The van der Waals surface area contributed by atoms with Crippen LogP contribution in [0.2, 0.25) is 0 Å². The molecule has 1 saturated heterocycles. The number of amides is 1. The Labute approximate surface area is 135 Å². The molecule has 0 bridgehead atoms. The van der Waals surface area contributed by atoms with Crippen LogP contribution in [0.4, 0.5) is 0 Å². The van der Waals surface area contributed by atoms with Gasteiger partial charge in [-0.25, -0.2) is 0 Å². The van der Waals surface area contributed by atoms with E-state index in [4.69, 9.17) is 4.74 Å². The van der Waals surface area contributed by atoms with Crippen LogP contribution in [-0.2, 0) is 11.2 Å². The molecule has 2 aliphatic heterocycles. The van der Waals surface area contributed by atoms with Gasteiger partial charge >= 0.3 is 0 Å². The molecule has 0 N–H and O–H groups in total. The van der Waals surface area contributed by atoms with Gasteiger partial charge in [0.1, 0.15) is 5.75 Å². The lowest BCUT2D eigenvalue weighted by molar-refractivity contribution is -0.139. The molecule has 2 atom stereocenters. The number of carbonyl (C=O) groups is 1. The number of fused-ring (bicyclic) bond motifs is 1. The topological polar surface area (TPSA) is 47.4 Å². The predicted molar refractivity (Wildman–Crippen MR) is 86.4 cm³/mol. The fourth-order valence-corrected chi connectivity index (χ4v) is 3.53. The molecule has 1 aromatic carbocycles. The van der Waals surface area contributed by atoms with Gasteiger partial charge in [-0.2, -0.15) is 5.10 Å². The summed E-state index contributed by atoms with van der Waals surface area (Å²) in [4.78, 5) is 14.8. The zero-order valence-electron chi connectivity index (χ0n) is 13.3. The van der Waals surface area contributed by atoms with Gasteiger partial charge < -0.3 is 9.64 Å². The molecule has 1 amide bonds. The van der Waals surface area contributed by atoms with E-state index in [0.29, 0.717) is 6.42 Å². The Hall–Kier alpha value is -2.30. The molecule has 0 aliphatic carbocycles. The maximum atomic E-state index is 12.8. The molecule has 1 aromatic heterocycles. The summed E-state index contributed by atoms with van der Waals surface area (Å²) in [5.74, 6) is 0.955. The average molecular weight is 311 g/mol. The van der Waals surface area contributed by atoms with Gasteiger partial charge in [0.25, 0.3) is 5.91 Å². The van der Waals surface area contributed by atoms with E-state index >= 15 is 0 Å². The van der Waals surface area contributed by atoms with Crippen LogP contribution >= 0.6 is 0 Å². The monoisotopic (exact) mass is 311 g/mol. The first-order valence-corrected chi connectivity index (χ1v) is 8.25. The minimum atomic E-state index is -0.370. The number of likely N-dealkylation sites (tertiary alicyclic amines) is 1. The molecule has 0 radical (unpaired) electrons. The number of nitrogens with zero attached hydrogens (tertiary/aromatic N) is 3. The third-order valence-electron chi connectivity index (χ3n) is 4.74. The number of rotatable bonds is 2. The summed E-state index contributed by atoms with van der Waals surface area (Å²) in [7, 11) is 0. The smallest absolute Gasteiger partial charge is 0.264 e. The van der Waals surface area contributed by atoms with E-state index in [1.807, 2.05) is 47.0 Å². The Morgan fingerprint density at radius 3 is 3.00 bits per heavy atom. The van der Waals surface area contributed by atoms with Crippen LogP contribution in [-0.4, -0.2) is 39.8 Å². The molecule has 0 saturated carbocycles. The van der Waals surface area contributed by atoms with Crippen molar-refractivity contribution < 1.29 is 9.53 Å². The van der Waals surface area contributed by atoms with Crippen LogP contribution < -0.4 is 4.74 Å². The summed E-state index contributed by atoms with van der Waals surface area (Å²) >= 11 is 0. The average Bonchev–Trinajstić information content (AvgIpc) is 3.20. The standard InChI is InChI=1S/C18H21N3O2/c1-13-10-19-21(11-13)15-6-4-8-20(12-15)18(22)17-9-14-5-2-3-7-16(14)23-17/h2-3,5,7,10-11,15,17H,4,6,8-9,12H2,1H3/t15-,17-/m1/s1. The molecule has 120 valence electrons. The fourth-order valence-electron chi connectivity index (χ4n) is 3.53. The van der Waals surface area contributed by atoms with Gasteiger partial charge in [-0.15, -0.1) is 0 Å². The third kappa shape index (κ3) is 2.71. The van der Waals surface area contributed by atoms with Crippen LogP contribution in [0.3, 0.4) is 0 Å². The summed E-state index contributed by atoms with van der Waals surface area (Å²) in [6.45, 7) is 3.57. The van der Waals surface area contributed by atoms with Crippen LogP contribution in [0.5, 0.6) is 5.75 Å². The highest BCUT2D eigenvalue weighted by Crippen LogP contribution is 2.30. The summed E-state index contributed by atoms with van der Waals surface area (Å²) < 4.78 is 7.85. The molecule has 4 rings (SSSR count). The molecular weight excluding hydrogens is 290 g/mol. The lowest BCUT2D eigenvalue weighted by Gasteiger charge is -2.34. The molecular formula is C18H21N3O2. The molecule has 5 heteroatoms. The predicted octanol–water partition coefficient (Wildman–Crippen LogP) is 2.36. The zero-order chi connectivity index (χ0) is 15.8. The van der Waals surface area contributed by atoms with E-state index in [0.717, 1.165) is 42.8 Å². The Balaban J connectivity index is 1.45. The molecule has 3 heterocycles. The van der Waals surface area contributed by atoms with E-state index in [1.165, 1.54) is 0 Å².